The minimum absolute atomic E-state index is 0.0776. The summed E-state index contributed by atoms with van der Waals surface area (Å²) in [7, 11) is 0. The number of rotatable bonds is 2. The number of aryl methyl sites for hydroxylation is 1. The molecule has 20 heavy (non-hydrogen) atoms. The second-order valence-corrected chi connectivity index (χ2v) is 5.42. The van der Waals surface area contributed by atoms with Gasteiger partial charge in [-0.3, -0.25) is 4.79 Å². The van der Waals surface area contributed by atoms with Gasteiger partial charge >= 0.3 is 0 Å². The van der Waals surface area contributed by atoms with Crippen LogP contribution in [0.1, 0.15) is 15.9 Å². The summed E-state index contributed by atoms with van der Waals surface area (Å²) in [5.74, 6) is -0.580. The molecule has 0 saturated heterocycles. The molecule has 0 saturated carbocycles. The van der Waals surface area contributed by atoms with Crippen LogP contribution in [0.2, 0.25) is 15.1 Å². The predicted molar refractivity (Wildman–Crippen MR) is 82.3 cm³/mol. The average Bonchev–Trinajstić information content (AvgIpc) is 2.36. The highest BCUT2D eigenvalue weighted by Crippen LogP contribution is 2.34. The van der Waals surface area contributed by atoms with E-state index >= 15 is 0 Å². The van der Waals surface area contributed by atoms with Crippen molar-refractivity contribution < 1.29 is 9.90 Å². The lowest BCUT2D eigenvalue weighted by atomic mass is 10.1. The zero-order valence-corrected chi connectivity index (χ0v) is 12.6. The van der Waals surface area contributed by atoms with Crippen LogP contribution < -0.4 is 5.32 Å². The molecule has 6 heteroatoms. The fourth-order valence-electron chi connectivity index (χ4n) is 1.68. The number of amides is 1. The maximum Gasteiger partial charge on any atom is 0.259 e. The first-order chi connectivity index (χ1) is 9.40. The van der Waals surface area contributed by atoms with E-state index < -0.39 is 5.91 Å². The minimum Gasteiger partial charge on any atom is -0.507 e. The van der Waals surface area contributed by atoms with Gasteiger partial charge in [0, 0.05) is 5.02 Å². The van der Waals surface area contributed by atoms with Crippen molar-refractivity contribution >= 4 is 46.4 Å². The Morgan fingerprint density at radius 3 is 2.35 bits per heavy atom. The maximum absolute atomic E-state index is 12.2. The van der Waals surface area contributed by atoms with Crippen LogP contribution in [-0.2, 0) is 0 Å². The summed E-state index contributed by atoms with van der Waals surface area (Å²) in [5, 5.41) is 13.3. The average molecular weight is 331 g/mol. The zero-order chi connectivity index (χ0) is 14.9. The molecule has 0 aliphatic heterocycles. The smallest absolute Gasteiger partial charge is 0.259 e. The van der Waals surface area contributed by atoms with Gasteiger partial charge in [-0.1, -0.05) is 46.9 Å². The van der Waals surface area contributed by atoms with Crippen LogP contribution in [0.3, 0.4) is 0 Å². The number of carbonyl (C=O) groups excluding carboxylic acids is 1. The van der Waals surface area contributed by atoms with Crippen LogP contribution in [0.5, 0.6) is 5.75 Å². The van der Waals surface area contributed by atoms with Crippen LogP contribution in [0.25, 0.3) is 0 Å². The standard InChI is InChI=1S/C14H10Cl3NO2/c1-7-3-2-4-9(13(7)19)14(20)18-12-10(16)5-8(15)6-11(12)17/h2-6,19H,1H3,(H,18,20). The Morgan fingerprint density at radius 1 is 1.15 bits per heavy atom. The van der Waals surface area contributed by atoms with Gasteiger partial charge in [-0.25, -0.2) is 0 Å². The molecule has 0 unspecified atom stereocenters. The monoisotopic (exact) mass is 329 g/mol. The number of hydrogen-bond donors (Lipinski definition) is 2. The van der Waals surface area contributed by atoms with Crippen molar-refractivity contribution in [2.75, 3.05) is 5.32 Å². The lowest BCUT2D eigenvalue weighted by Crippen LogP contribution is -2.13. The first kappa shape index (κ1) is 15.0. The molecule has 0 fully saturated rings. The highest BCUT2D eigenvalue weighted by Gasteiger charge is 2.16. The molecule has 0 bridgehead atoms. The number of nitrogens with one attached hydrogen (secondary N) is 1. The van der Waals surface area contributed by atoms with Crippen LogP contribution in [0.15, 0.2) is 30.3 Å². The van der Waals surface area contributed by atoms with E-state index in [0.29, 0.717) is 10.6 Å². The van der Waals surface area contributed by atoms with Crippen LogP contribution in [0, 0.1) is 6.92 Å². The van der Waals surface area contributed by atoms with Crippen molar-refractivity contribution in [1.82, 2.24) is 0 Å². The molecule has 0 atom stereocenters. The SMILES string of the molecule is Cc1cccc(C(=O)Nc2c(Cl)cc(Cl)cc2Cl)c1O. The molecule has 0 aromatic heterocycles. The van der Waals surface area contributed by atoms with Crippen molar-refractivity contribution in [2.24, 2.45) is 0 Å². The lowest BCUT2D eigenvalue weighted by Gasteiger charge is -2.11. The van der Waals surface area contributed by atoms with E-state index in [2.05, 4.69) is 5.32 Å². The number of phenolic OH excluding ortho intramolecular Hbond substituents is 1. The number of hydrogen-bond acceptors (Lipinski definition) is 2. The molecule has 1 amide bonds. The molecule has 0 spiro atoms. The van der Waals surface area contributed by atoms with E-state index in [1.165, 1.54) is 18.2 Å². The Labute approximate surface area is 131 Å². The Hall–Kier alpha value is -1.42. The van der Waals surface area contributed by atoms with Crippen molar-refractivity contribution in [3.63, 3.8) is 0 Å². The summed E-state index contributed by atoms with van der Waals surface area (Å²) in [6.45, 7) is 1.70. The third-order valence-electron chi connectivity index (χ3n) is 2.73. The fourth-order valence-corrected chi connectivity index (χ4v) is 2.60. The number of halogens is 3. The summed E-state index contributed by atoms with van der Waals surface area (Å²) in [5.41, 5.74) is 1.00. The van der Waals surface area contributed by atoms with E-state index in [0.717, 1.165) is 0 Å². The molecule has 2 aromatic rings. The molecular formula is C14H10Cl3NO2. The van der Waals surface area contributed by atoms with Crippen LogP contribution in [-0.4, -0.2) is 11.0 Å². The second kappa shape index (κ2) is 5.92. The number of benzene rings is 2. The largest absolute Gasteiger partial charge is 0.507 e. The number of phenols is 1. The lowest BCUT2D eigenvalue weighted by molar-refractivity contribution is 0.102. The van der Waals surface area contributed by atoms with Crippen molar-refractivity contribution in [1.29, 1.82) is 0 Å². The van der Waals surface area contributed by atoms with E-state index in [-0.39, 0.29) is 27.0 Å². The van der Waals surface area contributed by atoms with Crippen LogP contribution in [0.4, 0.5) is 5.69 Å². The first-order valence-electron chi connectivity index (χ1n) is 5.64. The van der Waals surface area contributed by atoms with Gasteiger partial charge in [0.05, 0.1) is 21.3 Å². The van der Waals surface area contributed by atoms with Gasteiger partial charge in [-0.15, -0.1) is 0 Å². The highest BCUT2D eigenvalue weighted by molar-refractivity contribution is 6.42. The summed E-state index contributed by atoms with van der Waals surface area (Å²) in [6.07, 6.45) is 0. The fraction of sp³-hybridized carbons (Fsp3) is 0.0714. The molecule has 0 aliphatic carbocycles. The maximum atomic E-state index is 12.2. The summed E-state index contributed by atoms with van der Waals surface area (Å²) >= 11 is 17.8. The molecule has 0 heterocycles. The molecule has 2 N–H and O–H groups in total. The number of para-hydroxylation sites is 1. The Kier molecular flexibility index (Phi) is 4.43. The minimum atomic E-state index is -0.502. The first-order valence-corrected chi connectivity index (χ1v) is 6.78. The Morgan fingerprint density at radius 2 is 1.75 bits per heavy atom. The predicted octanol–water partition coefficient (Wildman–Crippen LogP) is 4.91. The molecule has 0 radical (unpaired) electrons. The molecule has 0 aliphatic rings. The third-order valence-corrected chi connectivity index (χ3v) is 3.54. The van der Waals surface area contributed by atoms with Crippen molar-refractivity contribution in [3.05, 3.63) is 56.5 Å². The van der Waals surface area contributed by atoms with E-state index in [4.69, 9.17) is 34.8 Å². The van der Waals surface area contributed by atoms with Gasteiger partial charge in [0.25, 0.3) is 5.91 Å². The number of carbonyl (C=O) groups is 1. The molecule has 2 aromatic carbocycles. The van der Waals surface area contributed by atoms with E-state index in [9.17, 15) is 9.90 Å². The molecular weight excluding hydrogens is 321 g/mol. The van der Waals surface area contributed by atoms with E-state index in [1.54, 1.807) is 19.1 Å². The zero-order valence-electron chi connectivity index (χ0n) is 10.4. The third kappa shape index (κ3) is 3.01. The summed E-state index contributed by atoms with van der Waals surface area (Å²) in [4.78, 5) is 12.2. The van der Waals surface area contributed by atoms with Gasteiger partial charge in [0.15, 0.2) is 0 Å². The quantitative estimate of drug-likeness (QED) is 0.821. The number of aromatic hydroxyl groups is 1. The number of anilines is 1. The van der Waals surface area contributed by atoms with Crippen molar-refractivity contribution in [3.8, 4) is 5.75 Å². The van der Waals surface area contributed by atoms with Gasteiger partial charge in [-0.2, -0.15) is 0 Å². The van der Waals surface area contributed by atoms with E-state index in [1.807, 2.05) is 0 Å². The van der Waals surface area contributed by atoms with Crippen LogP contribution >= 0.6 is 34.8 Å². The summed E-state index contributed by atoms with van der Waals surface area (Å²) in [6, 6.07) is 7.83. The van der Waals surface area contributed by atoms with Gasteiger partial charge < -0.3 is 10.4 Å². The highest BCUT2D eigenvalue weighted by atomic mass is 35.5. The van der Waals surface area contributed by atoms with Gasteiger partial charge in [0.2, 0.25) is 0 Å². The second-order valence-electron chi connectivity index (χ2n) is 4.17. The topological polar surface area (TPSA) is 49.3 Å². The van der Waals surface area contributed by atoms with Crippen molar-refractivity contribution in [2.45, 2.75) is 6.92 Å². The van der Waals surface area contributed by atoms with Gasteiger partial charge in [0.1, 0.15) is 5.75 Å². The molecule has 2 rings (SSSR count). The Bertz CT molecular complexity index is 663. The van der Waals surface area contributed by atoms with Gasteiger partial charge in [-0.05, 0) is 30.7 Å². The molecule has 3 nitrogen and oxygen atoms in total. The Balaban J connectivity index is 2.36. The normalized spacial score (nSPS) is 10.4. The molecule has 104 valence electrons. The summed E-state index contributed by atoms with van der Waals surface area (Å²) < 4.78 is 0.